The Morgan fingerprint density at radius 3 is 2.58 bits per heavy atom. The summed E-state index contributed by atoms with van der Waals surface area (Å²) in [5, 5.41) is 4.79. The Bertz CT molecular complexity index is 605. The van der Waals surface area contributed by atoms with Crippen LogP contribution in [-0.4, -0.2) is 11.5 Å². The molecule has 1 N–H and O–H groups in total. The fraction of sp³-hybridized carbons (Fsp3) is 0.438. The van der Waals surface area contributed by atoms with Gasteiger partial charge in [0.15, 0.2) is 0 Å². The van der Waals surface area contributed by atoms with Gasteiger partial charge in [0.2, 0.25) is 0 Å². The number of nitrogens with zero attached hydrogens (tertiary/aromatic N) is 1. The van der Waals surface area contributed by atoms with Crippen LogP contribution < -0.4 is 5.32 Å². The highest BCUT2D eigenvalue weighted by Gasteiger charge is 2.12. The molecule has 0 amide bonds. The van der Waals surface area contributed by atoms with Gasteiger partial charge >= 0.3 is 0 Å². The molecule has 0 aliphatic carbocycles. The first-order chi connectivity index (χ1) is 9.08. The van der Waals surface area contributed by atoms with Gasteiger partial charge in [-0.05, 0) is 65.9 Å². The van der Waals surface area contributed by atoms with E-state index in [4.69, 9.17) is 4.98 Å². The molecule has 3 heteroatoms. The van der Waals surface area contributed by atoms with Crippen LogP contribution in [0.3, 0.4) is 0 Å². The number of pyridine rings is 1. The lowest BCUT2D eigenvalue weighted by atomic mass is 10.0. The third-order valence-electron chi connectivity index (χ3n) is 3.42. The summed E-state index contributed by atoms with van der Waals surface area (Å²) in [7, 11) is 0. The van der Waals surface area contributed by atoms with Gasteiger partial charge in [-0.3, -0.25) is 4.98 Å². The summed E-state index contributed by atoms with van der Waals surface area (Å²) in [6.07, 6.45) is 2.08. The average Bonchev–Trinajstić information content (AvgIpc) is 2.37. The van der Waals surface area contributed by atoms with Gasteiger partial charge in [-0.25, -0.2) is 0 Å². The molecule has 1 aromatic heterocycles. The Morgan fingerprint density at radius 1 is 1.21 bits per heavy atom. The van der Waals surface area contributed by atoms with E-state index in [2.05, 4.69) is 61.1 Å². The Hall–Kier alpha value is -1.09. The Balaban J connectivity index is 2.75. The maximum atomic E-state index is 4.82. The van der Waals surface area contributed by atoms with Gasteiger partial charge in [-0.1, -0.05) is 13.8 Å². The quantitative estimate of drug-likeness (QED) is 0.857. The highest BCUT2D eigenvalue weighted by Crippen LogP contribution is 2.33. The standard InChI is InChI=1S/C16H21BrN2/c1-5-7-18-15-11(4)14(6-2)19-16-12(15)8-10(3)9-13(16)17/h8-9H,5-7H2,1-4H3,(H,18,19). The third-order valence-corrected chi connectivity index (χ3v) is 4.02. The summed E-state index contributed by atoms with van der Waals surface area (Å²) >= 11 is 3.65. The van der Waals surface area contributed by atoms with Crippen molar-refractivity contribution in [2.75, 3.05) is 11.9 Å². The second-order valence-electron chi connectivity index (χ2n) is 4.98. The van der Waals surface area contributed by atoms with E-state index in [1.54, 1.807) is 0 Å². The van der Waals surface area contributed by atoms with Crippen LogP contribution in [0.1, 0.15) is 37.1 Å². The summed E-state index contributed by atoms with van der Waals surface area (Å²) in [5.41, 5.74) is 6.01. The number of hydrogen-bond acceptors (Lipinski definition) is 2. The fourth-order valence-electron chi connectivity index (χ4n) is 2.43. The summed E-state index contributed by atoms with van der Waals surface area (Å²) in [6.45, 7) is 9.63. The molecular formula is C16H21BrN2. The maximum absolute atomic E-state index is 4.82. The van der Waals surface area contributed by atoms with Crippen molar-refractivity contribution in [1.29, 1.82) is 0 Å². The average molecular weight is 321 g/mol. The smallest absolute Gasteiger partial charge is 0.0868 e. The van der Waals surface area contributed by atoms with Crippen LogP contribution in [0.25, 0.3) is 10.9 Å². The van der Waals surface area contributed by atoms with Crippen molar-refractivity contribution < 1.29 is 0 Å². The third kappa shape index (κ3) is 2.76. The van der Waals surface area contributed by atoms with E-state index in [-0.39, 0.29) is 0 Å². The molecule has 0 aliphatic rings. The number of halogens is 1. The van der Waals surface area contributed by atoms with E-state index in [1.165, 1.54) is 27.9 Å². The molecule has 19 heavy (non-hydrogen) atoms. The number of anilines is 1. The molecule has 0 saturated heterocycles. The molecule has 2 aromatic rings. The predicted octanol–water partition coefficient (Wildman–Crippen LogP) is 5.00. The Morgan fingerprint density at radius 2 is 1.95 bits per heavy atom. The Kier molecular flexibility index (Phi) is 4.46. The molecule has 2 rings (SSSR count). The number of rotatable bonds is 4. The van der Waals surface area contributed by atoms with Crippen molar-refractivity contribution >= 4 is 32.5 Å². The summed E-state index contributed by atoms with van der Waals surface area (Å²) in [6, 6.07) is 4.35. The predicted molar refractivity (Wildman–Crippen MR) is 87.1 cm³/mol. The molecule has 2 nitrogen and oxygen atoms in total. The van der Waals surface area contributed by atoms with Gasteiger partial charge in [0.25, 0.3) is 0 Å². The molecule has 102 valence electrons. The van der Waals surface area contributed by atoms with E-state index in [9.17, 15) is 0 Å². The first-order valence-electron chi connectivity index (χ1n) is 6.91. The first-order valence-corrected chi connectivity index (χ1v) is 7.71. The zero-order valence-electron chi connectivity index (χ0n) is 12.1. The number of benzene rings is 1. The lowest BCUT2D eigenvalue weighted by molar-refractivity contribution is 0.970. The number of fused-ring (bicyclic) bond motifs is 1. The van der Waals surface area contributed by atoms with Gasteiger partial charge in [-0.15, -0.1) is 0 Å². The van der Waals surface area contributed by atoms with Crippen LogP contribution in [0.2, 0.25) is 0 Å². The first kappa shape index (κ1) is 14.3. The second kappa shape index (κ2) is 5.91. The monoisotopic (exact) mass is 320 g/mol. The molecule has 1 aromatic carbocycles. The molecule has 0 saturated carbocycles. The minimum Gasteiger partial charge on any atom is -0.384 e. The number of hydrogen-bond donors (Lipinski definition) is 1. The molecule has 0 unspecified atom stereocenters. The number of aromatic nitrogens is 1. The fourth-order valence-corrected chi connectivity index (χ4v) is 3.09. The zero-order chi connectivity index (χ0) is 14.0. The van der Waals surface area contributed by atoms with E-state index < -0.39 is 0 Å². The van der Waals surface area contributed by atoms with Gasteiger partial charge in [0.1, 0.15) is 0 Å². The minimum absolute atomic E-state index is 0.961. The van der Waals surface area contributed by atoms with Crippen molar-refractivity contribution in [3.63, 3.8) is 0 Å². The number of aryl methyl sites for hydroxylation is 2. The summed E-state index contributed by atoms with van der Waals surface area (Å²) < 4.78 is 1.08. The van der Waals surface area contributed by atoms with Crippen LogP contribution in [0, 0.1) is 13.8 Å². The van der Waals surface area contributed by atoms with Crippen molar-refractivity contribution in [3.05, 3.63) is 33.4 Å². The molecule has 0 fully saturated rings. The molecule has 0 aliphatic heterocycles. The highest BCUT2D eigenvalue weighted by molar-refractivity contribution is 9.10. The molecular weight excluding hydrogens is 300 g/mol. The molecule has 0 bridgehead atoms. The van der Waals surface area contributed by atoms with E-state index >= 15 is 0 Å². The Labute approximate surface area is 123 Å². The maximum Gasteiger partial charge on any atom is 0.0868 e. The highest BCUT2D eigenvalue weighted by atomic mass is 79.9. The van der Waals surface area contributed by atoms with E-state index in [0.29, 0.717) is 0 Å². The van der Waals surface area contributed by atoms with E-state index in [0.717, 1.165) is 29.4 Å². The van der Waals surface area contributed by atoms with Crippen LogP contribution >= 0.6 is 15.9 Å². The second-order valence-corrected chi connectivity index (χ2v) is 5.84. The molecule has 0 spiro atoms. The zero-order valence-corrected chi connectivity index (χ0v) is 13.7. The number of nitrogens with one attached hydrogen (secondary N) is 1. The van der Waals surface area contributed by atoms with Gasteiger partial charge in [-0.2, -0.15) is 0 Å². The van der Waals surface area contributed by atoms with Crippen LogP contribution in [0.15, 0.2) is 16.6 Å². The topological polar surface area (TPSA) is 24.9 Å². The van der Waals surface area contributed by atoms with Crippen LogP contribution in [-0.2, 0) is 6.42 Å². The van der Waals surface area contributed by atoms with Gasteiger partial charge in [0.05, 0.1) is 5.52 Å². The van der Waals surface area contributed by atoms with Crippen molar-refractivity contribution in [1.82, 2.24) is 4.98 Å². The van der Waals surface area contributed by atoms with Gasteiger partial charge < -0.3 is 5.32 Å². The molecule has 0 atom stereocenters. The van der Waals surface area contributed by atoms with Crippen LogP contribution in [0.5, 0.6) is 0 Å². The van der Waals surface area contributed by atoms with Crippen molar-refractivity contribution in [3.8, 4) is 0 Å². The lowest BCUT2D eigenvalue weighted by Crippen LogP contribution is -2.06. The molecule has 1 heterocycles. The van der Waals surface area contributed by atoms with Crippen LogP contribution in [0.4, 0.5) is 5.69 Å². The molecule has 0 radical (unpaired) electrons. The lowest BCUT2D eigenvalue weighted by Gasteiger charge is -2.16. The summed E-state index contributed by atoms with van der Waals surface area (Å²) in [4.78, 5) is 4.82. The van der Waals surface area contributed by atoms with Crippen molar-refractivity contribution in [2.45, 2.75) is 40.5 Å². The van der Waals surface area contributed by atoms with Crippen molar-refractivity contribution in [2.24, 2.45) is 0 Å². The van der Waals surface area contributed by atoms with Gasteiger partial charge in [0, 0.05) is 27.8 Å². The summed E-state index contributed by atoms with van der Waals surface area (Å²) in [5.74, 6) is 0. The van der Waals surface area contributed by atoms with E-state index in [1.807, 2.05) is 0 Å². The SMILES string of the molecule is CCCNc1c(C)c(CC)nc2c(Br)cc(C)cc12. The normalized spacial score (nSPS) is 11.0. The largest absolute Gasteiger partial charge is 0.384 e. The minimum atomic E-state index is 0.961.